The molecule has 0 bridgehead atoms. The second kappa shape index (κ2) is 10.7. The Labute approximate surface area is 188 Å². The number of benzene rings is 2. The number of rotatable bonds is 9. The van der Waals surface area contributed by atoms with Gasteiger partial charge in [-0.25, -0.2) is 0 Å². The van der Waals surface area contributed by atoms with Crippen molar-refractivity contribution < 1.29 is 9.47 Å². The fourth-order valence-corrected chi connectivity index (χ4v) is 4.23. The van der Waals surface area contributed by atoms with Crippen molar-refractivity contribution >= 4 is 34.8 Å². The molecule has 29 heavy (non-hydrogen) atoms. The lowest BCUT2D eigenvalue weighted by molar-refractivity contribution is 0.260. The molecule has 1 aliphatic rings. The largest absolute Gasteiger partial charge is 0.493 e. The highest BCUT2D eigenvalue weighted by atomic mass is 35.5. The molecule has 158 valence electrons. The molecular weight excluding hydrogens is 431 g/mol. The van der Waals surface area contributed by atoms with E-state index in [-0.39, 0.29) is 0 Å². The predicted molar refractivity (Wildman–Crippen MR) is 121 cm³/mol. The van der Waals surface area contributed by atoms with Gasteiger partial charge in [0.25, 0.3) is 0 Å². The van der Waals surface area contributed by atoms with Crippen LogP contribution in [0.3, 0.4) is 0 Å². The van der Waals surface area contributed by atoms with E-state index >= 15 is 0 Å². The lowest BCUT2D eigenvalue weighted by Gasteiger charge is -2.23. The van der Waals surface area contributed by atoms with E-state index < -0.39 is 0 Å². The van der Waals surface area contributed by atoms with Crippen LogP contribution in [-0.2, 0) is 13.2 Å². The first-order valence-corrected chi connectivity index (χ1v) is 11.0. The third kappa shape index (κ3) is 5.93. The van der Waals surface area contributed by atoms with Crippen molar-refractivity contribution in [1.82, 2.24) is 10.2 Å². The number of nitrogens with zero attached hydrogens (tertiary/aromatic N) is 1. The highest BCUT2D eigenvalue weighted by Gasteiger charge is 2.22. The minimum atomic E-state index is 0.343. The van der Waals surface area contributed by atoms with Crippen LogP contribution in [0.4, 0.5) is 0 Å². The summed E-state index contributed by atoms with van der Waals surface area (Å²) < 4.78 is 11.4. The average molecular weight is 458 g/mol. The molecule has 1 unspecified atom stereocenters. The summed E-state index contributed by atoms with van der Waals surface area (Å²) >= 11 is 18.5. The van der Waals surface area contributed by atoms with Crippen molar-refractivity contribution in [2.75, 3.05) is 26.7 Å². The Bertz CT molecular complexity index is 832. The minimum Gasteiger partial charge on any atom is -0.493 e. The van der Waals surface area contributed by atoms with Crippen LogP contribution >= 0.6 is 34.8 Å². The molecule has 0 amide bonds. The Balaban J connectivity index is 1.61. The Morgan fingerprint density at radius 3 is 2.62 bits per heavy atom. The summed E-state index contributed by atoms with van der Waals surface area (Å²) in [4.78, 5) is 2.52. The van der Waals surface area contributed by atoms with Crippen LogP contribution in [0.1, 0.15) is 30.9 Å². The van der Waals surface area contributed by atoms with Gasteiger partial charge in [-0.15, -0.1) is 0 Å². The SMILES string of the molecule is CCN1CCCC1CNCc1cc(OC)c(OCc2ccc(Cl)c(Cl)c2)cc1Cl. The molecule has 4 nitrogen and oxygen atoms in total. The lowest BCUT2D eigenvalue weighted by Crippen LogP contribution is -2.37. The Hall–Kier alpha value is -1.17. The van der Waals surface area contributed by atoms with E-state index in [1.807, 2.05) is 18.2 Å². The van der Waals surface area contributed by atoms with E-state index in [1.54, 1.807) is 19.2 Å². The lowest BCUT2D eigenvalue weighted by atomic mass is 10.1. The van der Waals surface area contributed by atoms with E-state index in [2.05, 4.69) is 17.1 Å². The molecule has 0 aromatic heterocycles. The van der Waals surface area contributed by atoms with Gasteiger partial charge in [-0.1, -0.05) is 47.8 Å². The normalized spacial score (nSPS) is 16.9. The van der Waals surface area contributed by atoms with Crippen molar-refractivity contribution in [3.05, 3.63) is 56.5 Å². The summed E-state index contributed by atoms with van der Waals surface area (Å²) in [6.45, 7) is 6.51. The quantitative estimate of drug-likeness (QED) is 0.515. The molecule has 1 aliphatic heterocycles. The summed E-state index contributed by atoms with van der Waals surface area (Å²) in [5.74, 6) is 1.25. The van der Waals surface area contributed by atoms with Crippen LogP contribution in [-0.4, -0.2) is 37.7 Å². The summed E-state index contributed by atoms with van der Waals surface area (Å²) in [5.41, 5.74) is 1.91. The number of hydrogen-bond donors (Lipinski definition) is 1. The molecule has 1 fully saturated rings. The van der Waals surface area contributed by atoms with Gasteiger partial charge >= 0.3 is 0 Å². The molecule has 0 spiro atoms. The molecule has 1 N–H and O–H groups in total. The predicted octanol–water partition coefficient (Wildman–Crippen LogP) is 5.81. The minimum absolute atomic E-state index is 0.343. The van der Waals surface area contributed by atoms with Gasteiger partial charge in [0.2, 0.25) is 0 Å². The maximum Gasteiger partial charge on any atom is 0.163 e. The van der Waals surface area contributed by atoms with Crippen molar-refractivity contribution in [3.63, 3.8) is 0 Å². The van der Waals surface area contributed by atoms with Gasteiger partial charge < -0.3 is 14.8 Å². The van der Waals surface area contributed by atoms with E-state index in [1.165, 1.54) is 19.4 Å². The Morgan fingerprint density at radius 1 is 1.07 bits per heavy atom. The van der Waals surface area contributed by atoms with Crippen molar-refractivity contribution in [3.8, 4) is 11.5 Å². The second-order valence-electron chi connectivity index (χ2n) is 7.19. The zero-order valence-corrected chi connectivity index (χ0v) is 19.1. The van der Waals surface area contributed by atoms with Crippen molar-refractivity contribution in [2.24, 2.45) is 0 Å². The van der Waals surface area contributed by atoms with Crippen LogP contribution < -0.4 is 14.8 Å². The van der Waals surface area contributed by atoms with Gasteiger partial charge in [0.15, 0.2) is 11.5 Å². The van der Waals surface area contributed by atoms with Crippen LogP contribution in [0.15, 0.2) is 30.3 Å². The van der Waals surface area contributed by atoms with Gasteiger partial charge in [0.05, 0.1) is 17.2 Å². The number of likely N-dealkylation sites (N-methyl/N-ethyl adjacent to an activating group) is 1. The van der Waals surface area contributed by atoms with E-state index in [4.69, 9.17) is 44.3 Å². The summed E-state index contributed by atoms with van der Waals surface area (Å²) in [7, 11) is 1.63. The molecular formula is C22H27Cl3N2O2. The summed E-state index contributed by atoms with van der Waals surface area (Å²) in [6.07, 6.45) is 2.53. The molecule has 2 aromatic carbocycles. The monoisotopic (exact) mass is 456 g/mol. The van der Waals surface area contributed by atoms with Crippen LogP contribution in [0, 0.1) is 0 Å². The summed E-state index contributed by atoms with van der Waals surface area (Å²) in [5, 5.41) is 5.22. The Morgan fingerprint density at radius 2 is 1.90 bits per heavy atom. The first-order valence-electron chi connectivity index (χ1n) is 9.89. The highest BCUT2D eigenvalue weighted by molar-refractivity contribution is 6.42. The second-order valence-corrected chi connectivity index (χ2v) is 8.41. The maximum absolute atomic E-state index is 6.51. The molecule has 2 aromatic rings. The van der Waals surface area contributed by atoms with Gasteiger partial charge in [0.1, 0.15) is 6.61 Å². The van der Waals surface area contributed by atoms with Crippen LogP contribution in [0.5, 0.6) is 11.5 Å². The first kappa shape index (κ1) is 22.5. The zero-order valence-electron chi connectivity index (χ0n) is 16.8. The van der Waals surface area contributed by atoms with Gasteiger partial charge in [-0.2, -0.15) is 0 Å². The topological polar surface area (TPSA) is 33.7 Å². The van der Waals surface area contributed by atoms with Crippen molar-refractivity contribution in [2.45, 2.75) is 39.0 Å². The molecule has 3 rings (SSSR count). The van der Waals surface area contributed by atoms with E-state index in [0.29, 0.717) is 45.8 Å². The molecule has 1 saturated heterocycles. The number of nitrogens with one attached hydrogen (secondary N) is 1. The third-order valence-corrected chi connectivity index (χ3v) is 6.40. The zero-order chi connectivity index (χ0) is 20.8. The number of likely N-dealkylation sites (tertiary alicyclic amines) is 1. The average Bonchev–Trinajstić information content (AvgIpc) is 3.17. The molecule has 1 heterocycles. The molecule has 0 saturated carbocycles. The fraction of sp³-hybridized carbons (Fsp3) is 0.455. The van der Waals surface area contributed by atoms with E-state index in [0.717, 1.165) is 24.2 Å². The molecule has 7 heteroatoms. The van der Waals surface area contributed by atoms with Crippen LogP contribution in [0.25, 0.3) is 0 Å². The number of ether oxygens (including phenoxy) is 2. The summed E-state index contributed by atoms with van der Waals surface area (Å²) in [6, 6.07) is 9.77. The highest BCUT2D eigenvalue weighted by Crippen LogP contribution is 2.34. The van der Waals surface area contributed by atoms with Gasteiger partial charge in [-0.3, -0.25) is 4.90 Å². The van der Waals surface area contributed by atoms with E-state index in [9.17, 15) is 0 Å². The first-order chi connectivity index (χ1) is 14.0. The van der Waals surface area contributed by atoms with Gasteiger partial charge in [0, 0.05) is 30.2 Å². The molecule has 1 atom stereocenters. The van der Waals surface area contributed by atoms with Crippen LogP contribution in [0.2, 0.25) is 15.1 Å². The molecule has 0 aliphatic carbocycles. The number of hydrogen-bond acceptors (Lipinski definition) is 4. The van der Waals surface area contributed by atoms with Gasteiger partial charge in [-0.05, 0) is 55.3 Å². The maximum atomic E-state index is 6.51. The number of halogens is 3. The Kier molecular flexibility index (Phi) is 8.34. The third-order valence-electron chi connectivity index (χ3n) is 5.31. The smallest absolute Gasteiger partial charge is 0.163 e. The standard InChI is InChI=1S/C22H27Cl3N2O2/c1-3-27-8-4-5-17(27)13-26-12-16-10-21(28-2)22(11-19(16)24)29-14-15-6-7-18(23)20(25)9-15/h6-7,9-11,17,26H,3-5,8,12-14H2,1-2H3. The number of methoxy groups -OCH3 is 1. The fourth-order valence-electron chi connectivity index (χ4n) is 3.69. The molecule has 0 radical (unpaired) electrons. The van der Waals surface area contributed by atoms with Crippen molar-refractivity contribution in [1.29, 1.82) is 0 Å².